The first-order chi connectivity index (χ1) is 8.15. The van der Waals surface area contributed by atoms with E-state index < -0.39 is 12.0 Å². The summed E-state index contributed by atoms with van der Waals surface area (Å²) in [5.41, 5.74) is 0.711. The fourth-order valence-corrected chi connectivity index (χ4v) is 2.84. The molecule has 0 saturated carbocycles. The predicted molar refractivity (Wildman–Crippen MR) is 66.4 cm³/mol. The van der Waals surface area contributed by atoms with E-state index in [-0.39, 0.29) is 5.91 Å². The Morgan fingerprint density at radius 1 is 1.53 bits per heavy atom. The van der Waals surface area contributed by atoms with E-state index >= 15 is 0 Å². The van der Waals surface area contributed by atoms with Crippen molar-refractivity contribution in [2.75, 3.05) is 10.7 Å². The van der Waals surface area contributed by atoms with Gasteiger partial charge in [-0.15, -0.1) is 11.8 Å². The normalized spacial score (nSPS) is 16.5. The number of anilines is 1. The monoisotopic (exact) mass is 251 g/mol. The summed E-state index contributed by atoms with van der Waals surface area (Å²) in [6, 6.07) is 6.64. The number of rotatable bonds is 3. The molecule has 1 aromatic rings. The van der Waals surface area contributed by atoms with Crippen LogP contribution in [-0.4, -0.2) is 28.8 Å². The van der Waals surface area contributed by atoms with Gasteiger partial charge in [0, 0.05) is 4.90 Å². The topological polar surface area (TPSA) is 57.6 Å². The lowest BCUT2D eigenvalue weighted by Gasteiger charge is -2.33. The van der Waals surface area contributed by atoms with E-state index in [1.165, 1.54) is 16.7 Å². The number of fused-ring (bicyclic) bond motifs is 1. The third kappa shape index (κ3) is 2.15. The Balaban J connectivity index is 2.45. The van der Waals surface area contributed by atoms with Gasteiger partial charge in [0.25, 0.3) is 0 Å². The molecular formula is C12H13NO3S. The Bertz CT molecular complexity index is 461. The van der Waals surface area contributed by atoms with E-state index in [4.69, 9.17) is 5.11 Å². The van der Waals surface area contributed by atoms with Gasteiger partial charge in [-0.05, 0) is 18.6 Å². The Hall–Kier alpha value is -1.49. The number of hydrogen-bond donors (Lipinski definition) is 1. The zero-order chi connectivity index (χ0) is 12.4. The van der Waals surface area contributed by atoms with Crippen LogP contribution < -0.4 is 4.90 Å². The van der Waals surface area contributed by atoms with Crippen LogP contribution in [0.1, 0.15) is 13.3 Å². The van der Waals surface area contributed by atoms with Crippen molar-refractivity contribution in [2.45, 2.75) is 24.3 Å². The van der Waals surface area contributed by atoms with Crippen molar-refractivity contribution in [3.63, 3.8) is 0 Å². The molecule has 17 heavy (non-hydrogen) atoms. The summed E-state index contributed by atoms with van der Waals surface area (Å²) in [5.74, 6) is -0.786. The number of benzene rings is 1. The maximum Gasteiger partial charge on any atom is 0.326 e. The molecule has 5 heteroatoms. The van der Waals surface area contributed by atoms with Crippen molar-refractivity contribution in [2.24, 2.45) is 0 Å². The summed E-state index contributed by atoms with van der Waals surface area (Å²) < 4.78 is 0. The Kier molecular flexibility index (Phi) is 3.38. The number of carboxylic acids is 1. The molecule has 0 bridgehead atoms. The number of carbonyl (C=O) groups is 2. The second-order valence-electron chi connectivity index (χ2n) is 3.78. The first-order valence-corrected chi connectivity index (χ1v) is 6.40. The van der Waals surface area contributed by atoms with Crippen molar-refractivity contribution < 1.29 is 14.7 Å². The standard InChI is InChI=1S/C12H13NO3S/c1-2-8(12(15)16)13-9-5-3-4-6-10(9)17-7-11(13)14/h3-6,8H,2,7H2,1H3,(H,15,16). The molecule has 1 N–H and O–H groups in total. The minimum absolute atomic E-state index is 0.136. The number of carbonyl (C=O) groups excluding carboxylic acids is 1. The van der Waals surface area contributed by atoms with Crippen molar-refractivity contribution >= 4 is 29.3 Å². The smallest absolute Gasteiger partial charge is 0.326 e. The highest BCUT2D eigenvalue weighted by atomic mass is 32.2. The summed E-state index contributed by atoms with van der Waals surface area (Å²) in [6.45, 7) is 1.77. The molecule has 1 aliphatic heterocycles. The summed E-state index contributed by atoms with van der Waals surface area (Å²) in [5, 5.41) is 9.17. The van der Waals surface area contributed by atoms with Crippen LogP contribution in [0.15, 0.2) is 29.2 Å². The quantitative estimate of drug-likeness (QED) is 0.892. The van der Waals surface area contributed by atoms with Gasteiger partial charge in [-0.3, -0.25) is 9.69 Å². The molecule has 0 aromatic heterocycles. The first-order valence-electron chi connectivity index (χ1n) is 5.42. The lowest BCUT2D eigenvalue weighted by atomic mass is 10.1. The third-order valence-corrected chi connectivity index (χ3v) is 3.78. The molecule has 1 heterocycles. The summed E-state index contributed by atoms with van der Waals surface area (Å²) in [7, 11) is 0. The number of nitrogens with zero attached hydrogens (tertiary/aromatic N) is 1. The second kappa shape index (κ2) is 4.79. The van der Waals surface area contributed by atoms with Crippen LogP contribution in [0.3, 0.4) is 0 Å². The van der Waals surface area contributed by atoms with Crippen LogP contribution in [-0.2, 0) is 9.59 Å². The molecule has 1 unspecified atom stereocenters. The number of aliphatic carboxylic acids is 1. The van der Waals surface area contributed by atoms with Crippen LogP contribution in [0.4, 0.5) is 5.69 Å². The fourth-order valence-electron chi connectivity index (χ4n) is 1.93. The Labute approximate surface area is 104 Å². The number of hydrogen-bond acceptors (Lipinski definition) is 3. The molecule has 0 fully saturated rings. The van der Waals surface area contributed by atoms with Gasteiger partial charge in [-0.2, -0.15) is 0 Å². The Morgan fingerprint density at radius 3 is 2.88 bits per heavy atom. The summed E-state index contributed by atoms with van der Waals surface area (Å²) >= 11 is 1.46. The molecule has 0 spiro atoms. The average Bonchev–Trinajstić information content (AvgIpc) is 2.32. The van der Waals surface area contributed by atoms with Gasteiger partial charge in [-0.25, -0.2) is 4.79 Å². The molecule has 0 aliphatic carbocycles. The highest BCUT2D eigenvalue weighted by Gasteiger charge is 2.33. The summed E-state index contributed by atoms with van der Waals surface area (Å²) in [6.07, 6.45) is 0.403. The summed E-state index contributed by atoms with van der Waals surface area (Å²) in [4.78, 5) is 25.5. The molecule has 1 atom stereocenters. The van der Waals surface area contributed by atoms with E-state index in [1.807, 2.05) is 18.2 Å². The van der Waals surface area contributed by atoms with E-state index in [0.29, 0.717) is 17.9 Å². The van der Waals surface area contributed by atoms with Gasteiger partial charge in [0.15, 0.2) is 0 Å². The van der Waals surface area contributed by atoms with Gasteiger partial charge in [-0.1, -0.05) is 19.1 Å². The zero-order valence-corrected chi connectivity index (χ0v) is 10.2. The number of thioether (sulfide) groups is 1. The van der Waals surface area contributed by atoms with Crippen LogP contribution in [0.25, 0.3) is 0 Å². The maximum absolute atomic E-state index is 11.9. The van der Waals surface area contributed by atoms with Crippen LogP contribution in [0.2, 0.25) is 0 Å². The van der Waals surface area contributed by atoms with Crippen molar-refractivity contribution in [3.8, 4) is 0 Å². The van der Waals surface area contributed by atoms with Crippen molar-refractivity contribution in [1.29, 1.82) is 0 Å². The van der Waals surface area contributed by atoms with Crippen LogP contribution in [0.5, 0.6) is 0 Å². The number of carboxylic acid groups (broad SMARTS) is 1. The van der Waals surface area contributed by atoms with Gasteiger partial charge in [0.2, 0.25) is 5.91 Å². The minimum Gasteiger partial charge on any atom is -0.480 e. The molecular weight excluding hydrogens is 238 g/mol. The average molecular weight is 251 g/mol. The van der Waals surface area contributed by atoms with Crippen LogP contribution >= 0.6 is 11.8 Å². The van der Waals surface area contributed by atoms with Gasteiger partial charge < -0.3 is 5.11 Å². The first kappa shape index (κ1) is 12.0. The van der Waals surface area contributed by atoms with E-state index in [9.17, 15) is 9.59 Å². The predicted octanol–water partition coefficient (Wildman–Crippen LogP) is 1.99. The van der Waals surface area contributed by atoms with Gasteiger partial charge in [0.1, 0.15) is 6.04 Å². The molecule has 1 aliphatic rings. The van der Waals surface area contributed by atoms with E-state index in [1.54, 1.807) is 13.0 Å². The second-order valence-corrected chi connectivity index (χ2v) is 4.80. The minimum atomic E-state index is -0.956. The number of amides is 1. The SMILES string of the molecule is CCC(C(=O)O)N1C(=O)CSc2ccccc21. The fraction of sp³-hybridized carbons (Fsp3) is 0.333. The molecule has 90 valence electrons. The molecule has 0 saturated heterocycles. The molecule has 4 nitrogen and oxygen atoms in total. The Morgan fingerprint density at radius 2 is 2.24 bits per heavy atom. The highest BCUT2D eigenvalue weighted by molar-refractivity contribution is 8.00. The molecule has 1 amide bonds. The highest BCUT2D eigenvalue weighted by Crippen LogP contribution is 2.36. The van der Waals surface area contributed by atoms with Gasteiger partial charge in [0.05, 0.1) is 11.4 Å². The number of para-hydroxylation sites is 1. The molecule has 2 rings (SSSR count). The zero-order valence-electron chi connectivity index (χ0n) is 9.42. The van der Waals surface area contributed by atoms with E-state index in [0.717, 1.165) is 4.90 Å². The van der Waals surface area contributed by atoms with Crippen LogP contribution in [0, 0.1) is 0 Å². The van der Waals surface area contributed by atoms with Gasteiger partial charge >= 0.3 is 5.97 Å². The largest absolute Gasteiger partial charge is 0.480 e. The lowest BCUT2D eigenvalue weighted by molar-refractivity contribution is -0.140. The maximum atomic E-state index is 11.9. The molecule has 0 radical (unpaired) electrons. The van der Waals surface area contributed by atoms with E-state index in [2.05, 4.69) is 0 Å². The molecule has 1 aromatic carbocycles. The lowest BCUT2D eigenvalue weighted by Crippen LogP contribution is -2.47. The third-order valence-electron chi connectivity index (χ3n) is 2.73. The van der Waals surface area contributed by atoms with Crippen molar-refractivity contribution in [1.82, 2.24) is 0 Å². The van der Waals surface area contributed by atoms with Crippen molar-refractivity contribution in [3.05, 3.63) is 24.3 Å².